The predicted octanol–water partition coefficient (Wildman–Crippen LogP) is 1.88. The van der Waals surface area contributed by atoms with E-state index in [9.17, 15) is 9.59 Å². The number of benzene rings is 1. The van der Waals surface area contributed by atoms with Gasteiger partial charge < -0.3 is 10.2 Å². The van der Waals surface area contributed by atoms with Crippen LogP contribution in [-0.2, 0) is 9.59 Å². The summed E-state index contributed by atoms with van der Waals surface area (Å²) in [5, 5.41) is 3.00. The fraction of sp³-hybridized carbons (Fsp3) is 0.636. The molecule has 28 heavy (non-hydrogen) atoms. The highest BCUT2D eigenvalue weighted by Gasteiger charge is 2.30. The van der Waals surface area contributed by atoms with E-state index in [4.69, 9.17) is 0 Å². The molecule has 6 heteroatoms. The summed E-state index contributed by atoms with van der Waals surface area (Å²) >= 11 is 0. The lowest BCUT2D eigenvalue weighted by molar-refractivity contribution is -0.134. The molecule has 0 spiro atoms. The molecule has 1 aromatic carbocycles. The lowest BCUT2D eigenvalue weighted by atomic mass is 10.0. The van der Waals surface area contributed by atoms with E-state index in [0.717, 1.165) is 32.5 Å². The van der Waals surface area contributed by atoms with Crippen LogP contribution in [0.2, 0.25) is 0 Å². The Morgan fingerprint density at radius 2 is 1.68 bits per heavy atom. The van der Waals surface area contributed by atoms with E-state index in [1.807, 2.05) is 31.7 Å². The van der Waals surface area contributed by atoms with Crippen molar-refractivity contribution in [2.45, 2.75) is 45.2 Å². The number of carbonyl (C=O) groups is 2. The molecule has 0 aliphatic carbocycles. The topological polar surface area (TPSA) is 55.9 Å². The van der Waals surface area contributed by atoms with Crippen LogP contribution in [0.4, 0.5) is 0 Å². The number of piperazine rings is 1. The molecule has 2 fully saturated rings. The van der Waals surface area contributed by atoms with Crippen LogP contribution < -0.4 is 5.32 Å². The maximum atomic E-state index is 12.8. The summed E-state index contributed by atoms with van der Waals surface area (Å²) in [7, 11) is 0. The fourth-order valence-electron chi connectivity index (χ4n) is 4.16. The number of hydrogen-bond donors (Lipinski definition) is 1. The van der Waals surface area contributed by atoms with Crippen molar-refractivity contribution < 1.29 is 9.59 Å². The molecule has 1 unspecified atom stereocenters. The molecule has 2 saturated heterocycles. The molecule has 1 aromatic rings. The Morgan fingerprint density at radius 1 is 1.00 bits per heavy atom. The Bertz CT molecular complexity index is 663. The average molecular weight is 387 g/mol. The van der Waals surface area contributed by atoms with Crippen LogP contribution in [0.25, 0.3) is 0 Å². The van der Waals surface area contributed by atoms with Gasteiger partial charge in [0.05, 0.1) is 13.1 Å². The first kappa shape index (κ1) is 20.8. The third-order valence-corrected chi connectivity index (χ3v) is 5.49. The van der Waals surface area contributed by atoms with Crippen LogP contribution in [0.1, 0.15) is 45.2 Å². The van der Waals surface area contributed by atoms with Crippen molar-refractivity contribution in [3.05, 3.63) is 35.9 Å². The standard InChI is InChI=1S/C22H34N4O2/c1-22(2,3)23-20(27)16-24-12-14-25(15-13-24)21(28)17-26-11-7-10-19(26)18-8-5-4-6-9-18/h4-6,8-9,19H,7,10-17H2,1-3H3,(H,23,27). The van der Waals surface area contributed by atoms with E-state index in [1.165, 1.54) is 5.56 Å². The van der Waals surface area contributed by atoms with Crippen LogP contribution >= 0.6 is 0 Å². The van der Waals surface area contributed by atoms with Gasteiger partial charge in [-0.2, -0.15) is 0 Å². The van der Waals surface area contributed by atoms with Crippen molar-refractivity contribution >= 4 is 11.8 Å². The van der Waals surface area contributed by atoms with Gasteiger partial charge in [-0.15, -0.1) is 0 Å². The van der Waals surface area contributed by atoms with Crippen LogP contribution in [0.5, 0.6) is 0 Å². The van der Waals surface area contributed by atoms with Gasteiger partial charge in [0, 0.05) is 37.8 Å². The lowest BCUT2D eigenvalue weighted by Gasteiger charge is -2.36. The summed E-state index contributed by atoms with van der Waals surface area (Å²) in [6, 6.07) is 10.9. The molecule has 0 radical (unpaired) electrons. The minimum absolute atomic E-state index is 0.0510. The summed E-state index contributed by atoms with van der Waals surface area (Å²) in [5.41, 5.74) is 1.10. The molecule has 154 valence electrons. The van der Waals surface area contributed by atoms with Gasteiger partial charge in [-0.05, 0) is 45.7 Å². The van der Waals surface area contributed by atoms with Gasteiger partial charge in [-0.3, -0.25) is 19.4 Å². The van der Waals surface area contributed by atoms with E-state index in [-0.39, 0.29) is 17.4 Å². The molecule has 2 amide bonds. The van der Waals surface area contributed by atoms with E-state index < -0.39 is 0 Å². The first-order chi connectivity index (χ1) is 13.3. The maximum absolute atomic E-state index is 12.8. The van der Waals surface area contributed by atoms with E-state index in [1.54, 1.807) is 0 Å². The normalized spacial score (nSPS) is 21.7. The number of hydrogen-bond acceptors (Lipinski definition) is 4. The maximum Gasteiger partial charge on any atom is 0.236 e. The van der Waals surface area contributed by atoms with E-state index in [2.05, 4.69) is 39.4 Å². The van der Waals surface area contributed by atoms with Gasteiger partial charge in [-0.25, -0.2) is 0 Å². The van der Waals surface area contributed by atoms with Gasteiger partial charge in [0.1, 0.15) is 0 Å². The summed E-state index contributed by atoms with van der Waals surface area (Å²) in [6.45, 7) is 10.8. The smallest absolute Gasteiger partial charge is 0.236 e. The Labute approximate surface area is 168 Å². The molecule has 3 rings (SSSR count). The second kappa shape index (κ2) is 9.05. The molecule has 0 saturated carbocycles. The summed E-state index contributed by atoms with van der Waals surface area (Å²) in [5.74, 6) is 0.261. The van der Waals surface area contributed by atoms with Gasteiger partial charge >= 0.3 is 0 Å². The molecule has 0 aromatic heterocycles. The van der Waals surface area contributed by atoms with Crippen LogP contribution in [0, 0.1) is 0 Å². The van der Waals surface area contributed by atoms with Crippen LogP contribution in [-0.4, -0.2) is 77.9 Å². The minimum Gasteiger partial charge on any atom is -0.350 e. The summed E-state index contributed by atoms with van der Waals surface area (Å²) in [6.07, 6.45) is 2.26. The third kappa shape index (κ3) is 5.79. The number of nitrogens with one attached hydrogen (secondary N) is 1. The largest absolute Gasteiger partial charge is 0.350 e. The molecule has 2 aliphatic rings. The first-order valence-electron chi connectivity index (χ1n) is 10.4. The number of likely N-dealkylation sites (tertiary alicyclic amines) is 1. The molecular weight excluding hydrogens is 352 g/mol. The Kier molecular flexibility index (Phi) is 6.73. The highest BCUT2D eigenvalue weighted by molar-refractivity contribution is 5.79. The second-order valence-corrected chi connectivity index (χ2v) is 8.99. The Morgan fingerprint density at radius 3 is 2.32 bits per heavy atom. The quantitative estimate of drug-likeness (QED) is 0.840. The monoisotopic (exact) mass is 386 g/mol. The van der Waals surface area contributed by atoms with Gasteiger partial charge in [0.25, 0.3) is 0 Å². The third-order valence-electron chi connectivity index (χ3n) is 5.49. The highest BCUT2D eigenvalue weighted by atomic mass is 16.2. The van der Waals surface area contributed by atoms with Crippen molar-refractivity contribution in [1.82, 2.24) is 20.0 Å². The fourth-order valence-corrected chi connectivity index (χ4v) is 4.16. The van der Waals surface area contributed by atoms with Crippen LogP contribution in [0.15, 0.2) is 30.3 Å². The van der Waals surface area contributed by atoms with Gasteiger partial charge in [-0.1, -0.05) is 30.3 Å². The SMILES string of the molecule is CC(C)(C)NC(=O)CN1CCN(C(=O)CN2CCCC2c2ccccc2)CC1. The number of nitrogens with zero attached hydrogens (tertiary/aromatic N) is 3. The molecule has 0 bridgehead atoms. The zero-order chi connectivity index (χ0) is 20.1. The molecule has 1 atom stereocenters. The van der Waals surface area contributed by atoms with Gasteiger partial charge in [0.15, 0.2) is 0 Å². The van der Waals surface area contributed by atoms with Crippen molar-refractivity contribution in [2.75, 3.05) is 45.8 Å². The second-order valence-electron chi connectivity index (χ2n) is 8.99. The van der Waals surface area contributed by atoms with E-state index >= 15 is 0 Å². The molecular formula is C22H34N4O2. The number of rotatable bonds is 5. The zero-order valence-corrected chi connectivity index (χ0v) is 17.5. The van der Waals surface area contributed by atoms with Crippen molar-refractivity contribution in [1.29, 1.82) is 0 Å². The summed E-state index contributed by atoms with van der Waals surface area (Å²) in [4.78, 5) is 31.3. The Hall–Kier alpha value is -1.92. The highest BCUT2D eigenvalue weighted by Crippen LogP contribution is 2.31. The minimum atomic E-state index is -0.208. The van der Waals surface area contributed by atoms with Crippen LogP contribution in [0.3, 0.4) is 0 Å². The summed E-state index contributed by atoms with van der Waals surface area (Å²) < 4.78 is 0. The van der Waals surface area contributed by atoms with Crippen molar-refractivity contribution in [3.8, 4) is 0 Å². The molecule has 6 nitrogen and oxygen atoms in total. The average Bonchev–Trinajstić information content (AvgIpc) is 3.09. The Balaban J connectivity index is 1.46. The molecule has 2 aliphatic heterocycles. The van der Waals surface area contributed by atoms with Gasteiger partial charge in [0.2, 0.25) is 11.8 Å². The zero-order valence-electron chi connectivity index (χ0n) is 17.5. The van der Waals surface area contributed by atoms with Crippen molar-refractivity contribution in [2.24, 2.45) is 0 Å². The lowest BCUT2D eigenvalue weighted by Crippen LogP contribution is -2.54. The van der Waals surface area contributed by atoms with E-state index in [0.29, 0.717) is 32.2 Å². The van der Waals surface area contributed by atoms with Crippen molar-refractivity contribution in [3.63, 3.8) is 0 Å². The predicted molar refractivity (Wildman–Crippen MR) is 111 cm³/mol. The molecule has 2 heterocycles. The number of carbonyl (C=O) groups excluding carboxylic acids is 2. The first-order valence-corrected chi connectivity index (χ1v) is 10.4. The number of amides is 2. The molecule has 1 N–H and O–H groups in total.